The van der Waals surface area contributed by atoms with Crippen molar-refractivity contribution in [1.82, 2.24) is 15.1 Å². The summed E-state index contributed by atoms with van der Waals surface area (Å²) in [5.41, 5.74) is -0.580. The van der Waals surface area contributed by atoms with Crippen molar-refractivity contribution in [2.24, 2.45) is 7.05 Å². The molecule has 0 radical (unpaired) electrons. The van der Waals surface area contributed by atoms with E-state index in [1.165, 1.54) is 10.9 Å². The van der Waals surface area contributed by atoms with Crippen molar-refractivity contribution >= 4 is 17.6 Å². The second-order valence-electron chi connectivity index (χ2n) is 6.31. The Bertz CT molecular complexity index is 577. The quantitative estimate of drug-likeness (QED) is 0.669. The molecule has 0 spiro atoms. The van der Waals surface area contributed by atoms with Gasteiger partial charge in [-0.1, -0.05) is 0 Å². The Morgan fingerprint density at radius 2 is 2.23 bits per heavy atom. The molecule has 0 aliphatic carbocycles. The van der Waals surface area contributed by atoms with Gasteiger partial charge in [0.2, 0.25) is 5.82 Å². The maximum Gasteiger partial charge on any atom is 0.407 e. The summed E-state index contributed by atoms with van der Waals surface area (Å²) in [4.78, 5) is 24.2. The van der Waals surface area contributed by atoms with Gasteiger partial charge in [0.1, 0.15) is 11.8 Å². The van der Waals surface area contributed by atoms with Gasteiger partial charge in [-0.05, 0) is 27.2 Å². The molecule has 1 aliphatic heterocycles. The smallest absolute Gasteiger partial charge is 0.407 e. The van der Waals surface area contributed by atoms with E-state index in [4.69, 9.17) is 4.74 Å². The van der Waals surface area contributed by atoms with E-state index in [9.17, 15) is 14.9 Å². The van der Waals surface area contributed by atoms with Crippen LogP contribution in [0.2, 0.25) is 0 Å². The van der Waals surface area contributed by atoms with Crippen LogP contribution in [0.3, 0.4) is 0 Å². The lowest BCUT2D eigenvalue weighted by Gasteiger charge is -2.22. The first-order valence-electron chi connectivity index (χ1n) is 7.08. The van der Waals surface area contributed by atoms with Crippen LogP contribution >= 0.6 is 0 Å². The molecule has 9 nitrogen and oxygen atoms in total. The predicted molar refractivity (Wildman–Crippen MR) is 79.9 cm³/mol. The molecule has 1 fully saturated rings. The third-order valence-electron chi connectivity index (χ3n) is 3.29. The van der Waals surface area contributed by atoms with Crippen molar-refractivity contribution < 1.29 is 14.5 Å². The summed E-state index contributed by atoms with van der Waals surface area (Å²) in [7, 11) is 1.66. The SMILES string of the molecule is Cn1ncc([N+](=O)[O-])c1N1CC[C@H](NC(=O)OC(C)(C)C)C1. The molecule has 1 N–H and O–H groups in total. The number of carbonyl (C=O) groups excluding carboxylic acids is 1. The number of aromatic nitrogens is 2. The standard InChI is InChI=1S/C13H21N5O4/c1-13(2,3)22-12(19)15-9-5-6-17(8-9)11-10(18(20)21)7-14-16(11)4/h7,9H,5-6,8H2,1-4H3,(H,15,19)/t9-/m0/s1. The number of carbonyl (C=O) groups is 1. The van der Waals surface area contributed by atoms with Crippen molar-refractivity contribution in [2.45, 2.75) is 38.8 Å². The van der Waals surface area contributed by atoms with Crippen LogP contribution in [0, 0.1) is 10.1 Å². The van der Waals surface area contributed by atoms with Crippen LogP contribution < -0.4 is 10.2 Å². The molecular formula is C13H21N5O4. The minimum Gasteiger partial charge on any atom is -0.444 e. The normalized spacial score (nSPS) is 18.4. The number of amides is 1. The summed E-state index contributed by atoms with van der Waals surface area (Å²) in [5.74, 6) is 0.457. The van der Waals surface area contributed by atoms with Gasteiger partial charge in [-0.3, -0.25) is 10.1 Å². The average Bonchev–Trinajstić information content (AvgIpc) is 2.92. The summed E-state index contributed by atoms with van der Waals surface area (Å²) >= 11 is 0. The number of ether oxygens (including phenoxy) is 1. The number of nitrogens with one attached hydrogen (secondary N) is 1. The number of nitrogens with zero attached hydrogens (tertiary/aromatic N) is 4. The zero-order valence-electron chi connectivity index (χ0n) is 13.2. The van der Waals surface area contributed by atoms with Gasteiger partial charge in [0.15, 0.2) is 0 Å². The molecule has 2 heterocycles. The molecule has 1 aromatic heterocycles. The lowest BCUT2D eigenvalue weighted by molar-refractivity contribution is -0.384. The van der Waals surface area contributed by atoms with Gasteiger partial charge in [0, 0.05) is 20.1 Å². The number of aryl methyl sites for hydroxylation is 1. The Morgan fingerprint density at radius 3 is 2.82 bits per heavy atom. The minimum absolute atomic E-state index is 0.0274. The Hall–Kier alpha value is -2.32. The van der Waals surface area contributed by atoms with E-state index in [-0.39, 0.29) is 11.7 Å². The van der Waals surface area contributed by atoms with Crippen LogP contribution in [0.25, 0.3) is 0 Å². The number of anilines is 1. The van der Waals surface area contributed by atoms with E-state index in [0.717, 1.165) is 0 Å². The second kappa shape index (κ2) is 5.82. The van der Waals surface area contributed by atoms with Gasteiger partial charge in [0.25, 0.3) is 0 Å². The zero-order chi connectivity index (χ0) is 16.5. The molecule has 2 rings (SSSR count). The third kappa shape index (κ3) is 3.66. The molecule has 0 unspecified atom stereocenters. The Morgan fingerprint density at radius 1 is 1.55 bits per heavy atom. The number of nitro groups is 1. The van der Waals surface area contributed by atoms with Crippen LogP contribution in [-0.4, -0.2) is 45.5 Å². The number of alkyl carbamates (subject to hydrolysis) is 1. The van der Waals surface area contributed by atoms with Crippen LogP contribution in [0.1, 0.15) is 27.2 Å². The molecule has 1 atom stereocenters. The first-order chi connectivity index (χ1) is 10.2. The highest BCUT2D eigenvalue weighted by Gasteiger charge is 2.32. The van der Waals surface area contributed by atoms with Crippen molar-refractivity contribution in [3.05, 3.63) is 16.3 Å². The summed E-state index contributed by atoms with van der Waals surface area (Å²) < 4.78 is 6.70. The van der Waals surface area contributed by atoms with E-state index < -0.39 is 16.6 Å². The molecule has 0 bridgehead atoms. The van der Waals surface area contributed by atoms with Gasteiger partial charge in [0.05, 0.1) is 11.0 Å². The summed E-state index contributed by atoms with van der Waals surface area (Å²) in [6.07, 6.45) is 1.46. The van der Waals surface area contributed by atoms with E-state index in [2.05, 4.69) is 10.4 Å². The molecule has 122 valence electrons. The number of hydrogen-bond donors (Lipinski definition) is 1. The third-order valence-corrected chi connectivity index (χ3v) is 3.29. The fourth-order valence-corrected chi connectivity index (χ4v) is 2.46. The topological polar surface area (TPSA) is 103 Å². The Labute approximate surface area is 128 Å². The van der Waals surface area contributed by atoms with Gasteiger partial charge in [-0.15, -0.1) is 0 Å². The van der Waals surface area contributed by atoms with Crippen molar-refractivity contribution in [1.29, 1.82) is 0 Å². The highest BCUT2D eigenvalue weighted by Crippen LogP contribution is 2.29. The minimum atomic E-state index is -0.552. The largest absolute Gasteiger partial charge is 0.444 e. The molecule has 1 amide bonds. The Balaban J connectivity index is 2.00. The summed E-state index contributed by atoms with van der Waals surface area (Å²) in [6.45, 7) is 6.49. The lowest BCUT2D eigenvalue weighted by Crippen LogP contribution is -2.40. The van der Waals surface area contributed by atoms with E-state index in [1.807, 2.05) is 4.90 Å². The summed E-state index contributed by atoms with van der Waals surface area (Å²) in [6, 6.07) is -0.107. The highest BCUT2D eigenvalue weighted by molar-refractivity contribution is 5.68. The highest BCUT2D eigenvalue weighted by atomic mass is 16.6. The molecule has 1 aromatic rings. The molecular weight excluding hydrogens is 290 g/mol. The zero-order valence-corrected chi connectivity index (χ0v) is 13.2. The fraction of sp³-hybridized carbons (Fsp3) is 0.692. The fourth-order valence-electron chi connectivity index (χ4n) is 2.46. The summed E-state index contributed by atoms with van der Waals surface area (Å²) in [5, 5.41) is 17.8. The van der Waals surface area contributed by atoms with Crippen molar-refractivity contribution in [3.8, 4) is 0 Å². The molecule has 9 heteroatoms. The van der Waals surface area contributed by atoms with Crippen molar-refractivity contribution in [3.63, 3.8) is 0 Å². The molecule has 1 saturated heterocycles. The first kappa shape index (κ1) is 16.1. The monoisotopic (exact) mass is 311 g/mol. The van der Waals surface area contributed by atoms with E-state index >= 15 is 0 Å². The Kier molecular flexibility index (Phi) is 4.25. The van der Waals surface area contributed by atoms with E-state index in [0.29, 0.717) is 25.3 Å². The molecule has 0 saturated carbocycles. The van der Waals surface area contributed by atoms with Gasteiger partial charge >= 0.3 is 11.8 Å². The van der Waals surface area contributed by atoms with E-state index in [1.54, 1.807) is 27.8 Å². The van der Waals surface area contributed by atoms with Crippen LogP contribution in [0.5, 0.6) is 0 Å². The van der Waals surface area contributed by atoms with Gasteiger partial charge in [-0.2, -0.15) is 5.10 Å². The first-order valence-corrected chi connectivity index (χ1v) is 7.08. The molecule has 0 aromatic carbocycles. The predicted octanol–water partition coefficient (Wildman–Crippen LogP) is 1.43. The van der Waals surface area contributed by atoms with Crippen molar-refractivity contribution in [2.75, 3.05) is 18.0 Å². The molecule has 1 aliphatic rings. The maximum absolute atomic E-state index is 11.8. The van der Waals surface area contributed by atoms with Crippen LogP contribution in [0.15, 0.2) is 6.20 Å². The maximum atomic E-state index is 11.8. The van der Waals surface area contributed by atoms with Crippen LogP contribution in [0.4, 0.5) is 16.3 Å². The number of hydrogen-bond acceptors (Lipinski definition) is 6. The molecule has 22 heavy (non-hydrogen) atoms. The number of rotatable bonds is 3. The second-order valence-corrected chi connectivity index (χ2v) is 6.31. The van der Waals surface area contributed by atoms with Crippen LogP contribution in [-0.2, 0) is 11.8 Å². The van der Waals surface area contributed by atoms with Gasteiger partial charge < -0.3 is 15.0 Å². The average molecular weight is 311 g/mol. The van der Waals surface area contributed by atoms with Gasteiger partial charge in [-0.25, -0.2) is 9.48 Å². The lowest BCUT2D eigenvalue weighted by atomic mass is 10.2.